The van der Waals surface area contributed by atoms with Gasteiger partial charge in [-0.05, 0) is 59.4 Å². The van der Waals surface area contributed by atoms with E-state index in [1.54, 1.807) is 0 Å². The molecule has 0 bridgehead atoms. The van der Waals surface area contributed by atoms with Crippen molar-refractivity contribution in [3.8, 4) is 0 Å². The van der Waals surface area contributed by atoms with Gasteiger partial charge in [-0.3, -0.25) is 0 Å². The molecule has 2 unspecified atom stereocenters. The van der Waals surface area contributed by atoms with Gasteiger partial charge in [0.1, 0.15) is 0 Å². The normalized spacial score (nSPS) is 24.7. The lowest BCUT2D eigenvalue weighted by molar-refractivity contribution is 0.516. The highest BCUT2D eigenvalue weighted by atomic mass is 79.9. The highest BCUT2D eigenvalue weighted by Gasteiger charge is 2.26. The van der Waals surface area contributed by atoms with Gasteiger partial charge < -0.3 is 11.1 Å². The Morgan fingerprint density at radius 3 is 3.00 bits per heavy atom. The summed E-state index contributed by atoms with van der Waals surface area (Å²) in [6.45, 7) is 0.760. The third-order valence-corrected chi connectivity index (χ3v) is 4.16. The lowest BCUT2D eigenvalue weighted by Gasteiger charge is -2.21. The number of hydrogen-bond acceptors (Lipinski definition) is 2. The van der Waals surface area contributed by atoms with E-state index in [1.807, 2.05) is 18.2 Å². The predicted octanol–water partition coefficient (Wildman–Crippen LogP) is 3.64. The van der Waals surface area contributed by atoms with Gasteiger partial charge in [-0.1, -0.05) is 18.0 Å². The van der Waals surface area contributed by atoms with Crippen molar-refractivity contribution >= 4 is 33.2 Å². The van der Waals surface area contributed by atoms with Gasteiger partial charge in [0.2, 0.25) is 0 Å². The summed E-state index contributed by atoms with van der Waals surface area (Å²) >= 11 is 9.51. The minimum atomic E-state index is 0.486. The molecule has 1 fully saturated rings. The van der Waals surface area contributed by atoms with Crippen LogP contribution in [0.25, 0.3) is 0 Å². The fourth-order valence-electron chi connectivity index (χ4n) is 2.32. The summed E-state index contributed by atoms with van der Waals surface area (Å²) < 4.78 is 1.06. The van der Waals surface area contributed by atoms with Gasteiger partial charge in [0.15, 0.2) is 0 Å². The van der Waals surface area contributed by atoms with Crippen LogP contribution in [0.4, 0.5) is 5.69 Å². The maximum atomic E-state index is 5.99. The SMILES string of the molecule is NCC1CCCC1Nc1cc(Cl)ccc1Br. The largest absolute Gasteiger partial charge is 0.381 e. The van der Waals surface area contributed by atoms with Crippen LogP contribution >= 0.6 is 27.5 Å². The summed E-state index contributed by atoms with van der Waals surface area (Å²) in [6.07, 6.45) is 3.69. The third-order valence-electron chi connectivity index (χ3n) is 3.23. The number of rotatable bonds is 3. The van der Waals surface area contributed by atoms with Gasteiger partial charge in [0, 0.05) is 15.5 Å². The average Bonchev–Trinajstić information content (AvgIpc) is 2.71. The topological polar surface area (TPSA) is 38.0 Å². The molecule has 4 heteroatoms. The molecule has 2 rings (SSSR count). The number of nitrogens with one attached hydrogen (secondary N) is 1. The molecule has 0 spiro atoms. The first-order valence-electron chi connectivity index (χ1n) is 5.62. The molecule has 0 heterocycles. The fourth-order valence-corrected chi connectivity index (χ4v) is 2.85. The summed E-state index contributed by atoms with van der Waals surface area (Å²) in [6, 6.07) is 6.29. The molecule has 16 heavy (non-hydrogen) atoms. The Hall–Kier alpha value is -0.250. The number of halogens is 2. The van der Waals surface area contributed by atoms with Gasteiger partial charge in [0.25, 0.3) is 0 Å². The van der Waals surface area contributed by atoms with Gasteiger partial charge >= 0.3 is 0 Å². The average molecular weight is 304 g/mol. The Kier molecular flexibility index (Phi) is 4.11. The third kappa shape index (κ3) is 2.70. The molecule has 0 aromatic heterocycles. The van der Waals surface area contributed by atoms with E-state index in [0.29, 0.717) is 12.0 Å². The second kappa shape index (κ2) is 5.39. The van der Waals surface area contributed by atoms with E-state index < -0.39 is 0 Å². The van der Waals surface area contributed by atoms with Crippen molar-refractivity contribution in [2.45, 2.75) is 25.3 Å². The molecule has 88 valence electrons. The van der Waals surface area contributed by atoms with Crippen molar-refractivity contribution in [2.75, 3.05) is 11.9 Å². The van der Waals surface area contributed by atoms with Crippen LogP contribution in [-0.4, -0.2) is 12.6 Å². The Labute approximate surface area is 110 Å². The monoisotopic (exact) mass is 302 g/mol. The summed E-state index contributed by atoms with van der Waals surface area (Å²) in [5.74, 6) is 0.589. The van der Waals surface area contributed by atoms with E-state index in [9.17, 15) is 0 Å². The zero-order chi connectivity index (χ0) is 11.5. The maximum absolute atomic E-state index is 5.99. The molecule has 1 aromatic carbocycles. The first-order valence-corrected chi connectivity index (χ1v) is 6.79. The molecule has 0 amide bonds. The predicted molar refractivity (Wildman–Crippen MR) is 73.0 cm³/mol. The summed E-state index contributed by atoms with van der Waals surface area (Å²) in [7, 11) is 0. The Bertz CT molecular complexity index is 370. The van der Waals surface area contributed by atoms with Crippen LogP contribution in [0.15, 0.2) is 22.7 Å². The van der Waals surface area contributed by atoms with Crippen molar-refractivity contribution in [1.29, 1.82) is 0 Å². The van der Waals surface area contributed by atoms with Crippen LogP contribution in [0.3, 0.4) is 0 Å². The Morgan fingerprint density at radius 2 is 2.25 bits per heavy atom. The van der Waals surface area contributed by atoms with Gasteiger partial charge in [0.05, 0.1) is 5.69 Å². The number of nitrogens with two attached hydrogens (primary N) is 1. The second-order valence-corrected chi connectivity index (χ2v) is 5.59. The summed E-state index contributed by atoms with van der Waals surface area (Å²) in [4.78, 5) is 0. The van der Waals surface area contributed by atoms with Crippen LogP contribution in [0.2, 0.25) is 5.02 Å². The van der Waals surface area contributed by atoms with Crippen molar-refractivity contribution in [2.24, 2.45) is 11.7 Å². The van der Waals surface area contributed by atoms with E-state index in [-0.39, 0.29) is 0 Å². The van der Waals surface area contributed by atoms with Crippen molar-refractivity contribution in [3.63, 3.8) is 0 Å². The molecule has 0 aliphatic heterocycles. The molecule has 3 N–H and O–H groups in total. The Morgan fingerprint density at radius 1 is 1.44 bits per heavy atom. The van der Waals surface area contributed by atoms with E-state index in [4.69, 9.17) is 17.3 Å². The number of hydrogen-bond donors (Lipinski definition) is 2. The molecule has 1 aromatic rings. The Balaban J connectivity index is 2.11. The van der Waals surface area contributed by atoms with E-state index in [0.717, 1.165) is 21.7 Å². The first-order chi connectivity index (χ1) is 7.70. The van der Waals surface area contributed by atoms with Crippen LogP contribution in [-0.2, 0) is 0 Å². The lowest BCUT2D eigenvalue weighted by Crippen LogP contribution is -2.29. The summed E-state index contributed by atoms with van der Waals surface area (Å²) in [5.41, 5.74) is 6.84. The standard InChI is InChI=1S/C12H16BrClN2/c13-10-5-4-9(14)6-12(10)16-11-3-1-2-8(11)7-15/h4-6,8,11,16H,1-3,7,15H2. The lowest BCUT2D eigenvalue weighted by atomic mass is 10.0. The number of anilines is 1. The molecule has 0 saturated heterocycles. The fraction of sp³-hybridized carbons (Fsp3) is 0.500. The van der Waals surface area contributed by atoms with Crippen molar-refractivity contribution in [1.82, 2.24) is 0 Å². The highest BCUT2D eigenvalue weighted by molar-refractivity contribution is 9.10. The van der Waals surface area contributed by atoms with Crippen molar-refractivity contribution < 1.29 is 0 Å². The molecule has 2 nitrogen and oxygen atoms in total. The second-order valence-electron chi connectivity index (χ2n) is 4.30. The van der Waals surface area contributed by atoms with E-state index in [2.05, 4.69) is 21.2 Å². The molecule has 1 aliphatic rings. The minimum absolute atomic E-state index is 0.486. The molecule has 1 saturated carbocycles. The van der Waals surface area contributed by atoms with Crippen LogP contribution < -0.4 is 11.1 Å². The number of benzene rings is 1. The van der Waals surface area contributed by atoms with Gasteiger partial charge in [-0.15, -0.1) is 0 Å². The molecular weight excluding hydrogens is 288 g/mol. The molecular formula is C12H16BrClN2. The van der Waals surface area contributed by atoms with E-state index in [1.165, 1.54) is 19.3 Å². The van der Waals surface area contributed by atoms with Crippen LogP contribution in [0, 0.1) is 5.92 Å². The summed E-state index contributed by atoms with van der Waals surface area (Å²) in [5, 5.41) is 4.30. The van der Waals surface area contributed by atoms with Gasteiger partial charge in [-0.25, -0.2) is 0 Å². The highest BCUT2D eigenvalue weighted by Crippen LogP contribution is 2.32. The first kappa shape index (κ1) is 12.2. The smallest absolute Gasteiger partial charge is 0.0501 e. The zero-order valence-corrected chi connectivity index (χ0v) is 11.4. The van der Waals surface area contributed by atoms with Crippen LogP contribution in [0.1, 0.15) is 19.3 Å². The maximum Gasteiger partial charge on any atom is 0.0501 e. The van der Waals surface area contributed by atoms with E-state index >= 15 is 0 Å². The molecule has 0 radical (unpaired) electrons. The quantitative estimate of drug-likeness (QED) is 0.894. The molecule has 1 aliphatic carbocycles. The molecule has 2 atom stereocenters. The van der Waals surface area contributed by atoms with Crippen molar-refractivity contribution in [3.05, 3.63) is 27.7 Å². The van der Waals surface area contributed by atoms with Gasteiger partial charge in [-0.2, -0.15) is 0 Å². The van der Waals surface area contributed by atoms with Crippen LogP contribution in [0.5, 0.6) is 0 Å². The minimum Gasteiger partial charge on any atom is -0.381 e. The zero-order valence-electron chi connectivity index (χ0n) is 9.05.